The molecule has 0 aliphatic heterocycles. The number of aliphatic hydroxyl groups excluding tert-OH is 1. The predicted octanol–water partition coefficient (Wildman–Crippen LogP) is 0.997. The lowest BCUT2D eigenvalue weighted by molar-refractivity contribution is -0.144. The van der Waals surface area contributed by atoms with Gasteiger partial charge in [0.2, 0.25) is 5.91 Å². The van der Waals surface area contributed by atoms with Crippen molar-refractivity contribution in [1.29, 1.82) is 0 Å². The zero-order valence-corrected chi connectivity index (χ0v) is 10.9. The zero-order chi connectivity index (χ0) is 13.3. The fraction of sp³-hybridized carbons (Fsp3) is 0.833. The van der Waals surface area contributed by atoms with E-state index in [0.717, 1.165) is 6.42 Å². The van der Waals surface area contributed by atoms with Crippen LogP contribution in [0.3, 0.4) is 0 Å². The second-order valence-corrected chi connectivity index (χ2v) is 4.24. The molecule has 0 aliphatic rings. The van der Waals surface area contributed by atoms with Crippen LogP contribution in [0.15, 0.2) is 0 Å². The molecule has 0 aliphatic carbocycles. The minimum Gasteiger partial charge on any atom is -0.466 e. The van der Waals surface area contributed by atoms with Gasteiger partial charge in [0, 0.05) is 18.6 Å². The third-order valence-electron chi connectivity index (χ3n) is 2.75. The molecule has 0 spiro atoms. The fourth-order valence-corrected chi connectivity index (χ4v) is 1.42. The molecule has 0 rings (SSSR count). The van der Waals surface area contributed by atoms with E-state index in [1.165, 1.54) is 0 Å². The fourth-order valence-electron chi connectivity index (χ4n) is 1.42. The lowest BCUT2D eigenvalue weighted by Crippen LogP contribution is -2.46. The highest BCUT2D eigenvalue weighted by Crippen LogP contribution is 2.14. The Bertz CT molecular complexity index is 255. The van der Waals surface area contributed by atoms with Crippen LogP contribution in [0, 0.1) is 0 Å². The number of hydrogen-bond donors (Lipinski definition) is 2. The molecule has 100 valence electrons. The molecule has 0 saturated carbocycles. The summed E-state index contributed by atoms with van der Waals surface area (Å²) < 4.78 is 4.74. The van der Waals surface area contributed by atoms with Crippen molar-refractivity contribution in [2.75, 3.05) is 13.2 Å². The van der Waals surface area contributed by atoms with Crippen LogP contribution in [0.4, 0.5) is 0 Å². The molecular weight excluding hydrogens is 222 g/mol. The van der Waals surface area contributed by atoms with Crippen molar-refractivity contribution in [1.82, 2.24) is 5.32 Å². The maximum absolute atomic E-state index is 11.6. The first kappa shape index (κ1) is 15.9. The molecule has 0 bridgehead atoms. The molecule has 1 amide bonds. The van der Waals surface area contributed by atoms with E-state index >= 15 is 0 Å². The van der Waals surface area contributed by atoms with Gasteiger partial charge in [-0.05, 0) is 26.7 Å². The number of amides is 1. The zero-order valence-electron chi connectivity index (χ0n) is 10.9. The second kappa shape index (κ2) is 8.06. The molecule has 17 heavy (non-hydrogen) atoms. The Hall–Kier alpha value is -1.10. The molecular formula is C12H23NO4. The first-order valence-corrected chi connectivity index (χ1v) is 6.05. The molecule has 2 N–H and O–H groups in total. The average Bonchev–Trinajstić information content (AvgIpc) is 2.27. The van der Waals surface area contributed by atoms with Crippen LogP contribution in [0.25, 0.3) is 0 Å². The summed E-state index contributed by atoms with van der Waals surface area (Å²) in [6.07, 6.45) is 1.46. The highest BCUT2D eigenvalue weighted by Gasteiger charge is 2.23. The van der Waals surface area contributed by atoms with E-state index in [-0.39, 0.29) is 31.3 Å². The minimum atomic E-state index is -0.402. The van der Waals surface area contributed by atoms with Crippen molar-refractivity contribution in [2.45, 2.75) is 52.0 Å². The Morgan fingerprint density at radius 3 is 2.41 bits per heavy atom. The van der Waals surface area contributed by atoms with Gasteiger partial charge in [0.15, 0.2) is 0 Å². The molecule has 0 aromatic heterocycles. The van der Waals surface area contributed by atoms with E-state index < -0.39 is 5.54 Å². The minimum absolute atomic E-state index is 0.0303. The number of ether oxygens (including phenoxy) is 1. The van der Waals surface area contributed by atoms with Crippen LogP contribution in [0.2, 0.25) is 0 Å². The summed E-state index contributed by atoms with van der Waals surface area (Å²) in [6.45, 7) is 5.92. The van der Waals surface area contributed by atoms with Crippen molar-refractivity contribution in [2.24, 2.45) is 0 Å². The first-order valence-electron chi connectivity index (χ1n) is 6.05. The first-order chi connectivity index (χ1) is 7.97. The monoisotopic (exact) mass is 245 g/mol. The molecule has 0 heterocycles. The van der Waals surface area contributed by atoms with E-state index in [2.05, 4.69) is 5.32 Å². The summed E-state index contributed by atoms with van der Waals surface area (Å²) in [7, 11) is 0. The lowest BCUT2D eigenvalue weighted by atomic mass is 9.94. The second-order valence-electron chi connectivity index (χ2n) is 4.24. The molecule has 0 saturated heterocycles. The van der Waals surface area contributed by atoms with Gasteiger partial charge < -0.3 is 15.2 Å². The van der Waals surface area contributed by atoms with Crippen LogP contribution in [-0.4, -0.2) is 35.7 Å². The molecule has 1 atom stereocenters. The van der Waals surface area contributed by atoms with Crippen LogP contribution in [0.5, 0.6) is 0 Å². The van der Waals surface area contributed by atoms with E-state index in [1.54, 1.807) is 6.92 Å². The van der Waals surface area contributed by atoms with Gasteiger partial charge in [0.1, 0.15) is 0 Å². The maximum Gasteiger partial charge on any atom is 0.306 e. The summed E-state index contributed by atoms with van der Waals surface area (Å²) in [6, 6.07) is 0. The molecule has 1 unspecified atom stereocenters. The van der Waals surface area contributed by atoms with Gasteiger partial charge in [0.25, 0.3) is 0 Å². The Morgan fingerprint density at radius 2 is 1.94 bits per heavy atom. The summed E-state index contributed by atoms with van der Waals surface area (Å²) in [5.41, 5.74) is -0.402. The van der Waals surface area contributed by atoms with Gasteiger partial charge in [-0.1, -0.05) is 6.92 Å². The maximum atomic E-state index is 11.6. The Labute approximate surface area is 103 Å². The average molecular weight is 245 g/mol. The van der Waals surface area contributed by atoms with Crippen LogP contribution >= 0.6 is 0 Å². The van der Waals surface area contributed by atoms with Gasteiger partial charge in [-0.3, -0.25) is 9.59 Å². The quantitative estimate of drug-likeness (QED) is 0.625. The number of nitrogens with one attached hydrogen (secondary N) is 1. The Kier molecular flexibility index (Phi) is 7.54. The third-order valence-corrected chi connectivity index (χ3v) is 2.75. The van der Waals surface area contributed by atoms with Crippen molar-refractivity contribution in [3.05, 3.63) is 0 Å². The van der Waals surface area contributed by atoms with Crippen molar-refractivity contribution in [3.63, 3.8) is 0 Å². The number of carbonyl (C=O) groups is 2. The summed E-state index contributed by atoms with van der Waals surface area (Å²) in [4.78, 5) is 22.7. The van der Waals surface area contributed by atoms with E-state index in [1.807, 2.05) is 13.8 Å². The van der Waals surface area contributed by atoms with Crippen molar-refractivity contribution in [3.8, 4) is 0 Å². The highest BCUT2D eigenvalue weighted by atomic mass is 16.5. The normalized spacial score (nSPS) is 13.9. The van der Waals surface area contributed by atoms with Crippen LogP contribution < -0.4 is 5.32 Å². The number of carbonyl (C=O) groups excluding carboxylic acids is 2. The Morgan fingerprint density at radius 1 is 1.29 bits per heavy atom. The third kappa shape index (κ3) is 6.94. The molecule has 0 radical (unpaired) electrons. The standard InChI is InChI=1S/C12H23NO4/c1-4-12(3,8-9-14)13-10(15)6-7-11(16)17-5-2/h14H,4-9H2,1-3H3,(H,13,15). The van der Waals surface area contributed by atoms with Gasteiger partial charge in [-0.2, -0.15) is 0 Å². The van der Waals surface area contributed by atoms with Gasteiger partial charge >= 0.3 is 5.97 Å². The topological polar surface area (TPSA) is 75.6 Å². The van der Waals surface area contributed by atoms with Gasteiger partial charge in [-0.25, -0.2) is 0 Å². The van der Waals surface area contributed by atoms with Crippen LogP contribution in [0.1, 0.15) is 46.5 Å². The van der Waals surface area contributed by atoms with Gasteiger partial charge in [-0.15, -0.1) is 0 Å². The smallest absolute Gasteiger partial charge is 0.306 e. The molecule has 0 aromatic rings. The molecule has 0 aromatic carbocycles. The van der Waals surface area contributed by atoms with E-state index in [4.69, 9.17) is 9.84 Å². The number of hydrogen-bond acceptors (Lipinski definition) is 4. The van der Waals surface area contributed by atoms with Crippen molar-refractivity contribution >= 4 is 11.9 Å². The molecule has 5 heteroatoms. The molecule has 5 nitrogen and oxygen atoms in total. The number of esters is 1. The number of aliphatic hydroxyl groups is 1. The molecule has 0 fully saturated rings. The summed E-state index contributed by atoms with van der Waals surface area (Å²) in [5, 5.41) is 11.7. The van der Waals surface area contributed by atoms with E-state index in [0.29, 0.717) is 13.0 Å². The van der Waals surface area contributed by atoms with Gasteiger partial charge in [0.05, 0.1) is 13.0 Å². The van der Waals surface area contributed by atoms with Crippen molar-refractivity contribution < 1.29 is 19.4 Å². The lowest BCUT2D eigenvalue weighted by Gasteiger charge is -2.28. The Balaban J connectivity index is 4.03. The summed E-state index contributed by atoms with van der Waals surface area (Å²) >= 11 is 0. The van der Waals surface area contributed by atoms with Crippen LogP contribution in [-0.2, 0) is 14.3 Å². The SMILES string of the molecule is CCOC(=O)CCC(=O)NC(C)(CC)CCO. The largest absolute Gasteiger partial charge is 0.466 e. The highest BCUT2D eigenvalue weighted by molar-refractivity contribution is 5.81. The predicted molar refractivity (Wildman–Crippen MR) is 64.4 cm³/mol. The number of rotatable bonds is 8. The summed E-state index contributed by atoms with van der Waals surface area (Å²) in [5.74, 6) is -0.543. The van der Waals surface area contributed by atoms with E-state index in [9.17, 15) is 9.59 Å².